The van der Waals surface area contributed by atoms with Gasteiger partial charge in [0.2, 0.25) is 23.6 Å². The number of amides is 5. The van der Waals surface area contributed by atoms with Crippen LogP contribution in [-0.4, -0.2) is 87.7 Å². The number of unbranched alkanes of at least 4 members (excludes halogenated alkanes) is 2. The Morgan fingerprint density at radius 2 is 1.69 bits per heavy atom. The van der Waals surface area contributed by atoms with Crippen LogP contribution in [0.25, 0.3) is 10.4 Å². The molecular formula is C45H63FN6O8S. The number of alkyl carbamates (subject to hydrolysis) is 1. The Hall–Kier alpha value is -5.09. The molecule has 1 aliphatic rings. The Morgan fingerprint density at radius 1 is 0.984 bits per heavy atom. The highest BCUT2D eigenvalue weighted by molar-refractivity contribution is 7.13. The van der Waals surface area contributed by atoms with Crippen molar-refractivity contribution < 1.29 is 42.9 Å². The average molecular weight is 867 g/mol. The lowest BCUT2D eigenvalue weighted by Gasteiger charge is -2.35. The van der Waals surface area contributed by atoms with Gasteiger partial charge in [0.15, 0.2) is 11.6 Å². The number of hydrogen-bond acceptors (Lipinski definition) is 10. The molecule has 14 nitrogen and oxygen atoms in total. The van der Waals surface area contributed by atoms with Crippen LogP contribution in [0.5, 0.6) is 5.75 Å². The van der Waals surface area contributed by atoms with E-state index in [0.29, 0.717) is 31.2 Å². The summed E-state index contributed by atoms with van der Waals surface area (Å²) in [6.45, 7) is 14.3. The molecule has 16 heteroatoms. The van der Waals surface area contributed by atoms with E-state index >= 15 is 4.39 Å². The summed E-state index contributed by atoms with van der Waals surface area (Å²) in [6, 6.07) is 9.81. The van der Waals surface area contributed by atoms with Crippen LogP contribution in [-0.2, 0) is 30.3 Å². The molecule has 334 valence electrons. The summed E-state index contributed by atoms with van der Waals surface area (Å²) in [6.07, 6.45) is 0.849. The standard InChI is InChI=1S/C45H63FN6O8S/c1-27(29-17-19-31(20-18-29)39-28(2)48-26-61-39)49-41(56)34-23-33(53)24-52(34)42(57)40(44(3,4)5)51-37(55)16-11-9-10-13-30-14-12-15-35(38(30)46)59-25-32(21-22-36(47)54)50-43(58)60-45(6,7)8/h12,14-15,17-20,26-27,32-34,40,53H,9-11,13,16,21-25H2,1-8H3,(H2,47,54)(H,49,56)(H,50,58)(H,51,55)/t27?,32?,33-,34+,40?/m1/s1. The Labute approximate surface area is 362 Å². The fraction of sp³-hybridized carbons (Fsp3) is 0.556. The molecule has 1 aliphatic heterocycles. The normalized spacial score (nSPS) is 16.9. The molecule has 1 saturated heterocycles. The van der Waals surface area contributed by atoms with Crippen molar-refractivity contribution in [2.45, 2.75) is 143 Å². The summed E-state index contributed by atoms with van der Waals surface area (Å²) in [5, 5.41) is 19.2. The fourth-order valence-electron chi connectivity index (χ4n) is 7.07. The molecule has 0 radical (unpaired) electrons. The summed E-state index contributed by atoms with van der Waals surface area (Å²) < 4.78 is 26.5. The number of benzene rings is 2. The minimum Gasteiger partial charge on any atom is -0.488 e. The van der Waals surface area contributed by atoms with Crippen molar-refractivity contribution in [2.75, 3.05) is 13.2 Å². The van der Waals surface area contributed by atoms with Gasteiger partial charge in [-0.1, -0.05) is 63.6 Å². The van der Waals surface area contributed by atoms with Crippen molar-refractivity contribution in [3.63, 3.8) is 0 Å². The molecule has 2 aromatic carbocycles. The number of likely N-dealkylation sites (tertiary alicyclic amines) is 1. The molecule has 6 N–H and O–H groups in total. The third-order valence-electron chi connectivity index (χ3n) is 10.4. The van der Waals surface area contributed by atoms with Gasteiger partial charge in [0.25, 0.3) is 0 Å². The molecular weight excluding hydrogens is 804 g/mol. The number of β-amino-alcohol motifs (C(OH)–C–C–N with tert-alkyl or cyclic N) is 1. The van der Waals surface area contributed by atoms with Gasteiger partial charge in [0.1, 0.15) is 24.3 Å². The minimum atomic E-state index is -0.952. The van der Waals surface area contributed by atoms with Gasteiger partial charge in [-0.05, 0) is 88.5 Å². The zero-order chi connectivity index (χ0) is 45.1. The van der Waals surface area contributed by atoms with E-state index in [4.69, 9.17) is 15.2 Å². The first-order chi connectivity index (χ1) is 28.6. The topological polar surface area (TPSA) is 202 Å². The van der Waals surface area contributed by atoms with Gasteiger partial charge in [-0.2, -0.15) is 0 Å². The van der Waals surface area contributed by atoms with E-state index < -0.39 is 59.0 Å². The second kappa shape index (κ2) is 21.6. The quantitative estimate of drug-likeness (QED) is 0.0862. The van der Waals surface area contributed by atoms with E-state index in [-0.39, 0.29) is 62.4 Å². The van der Waals surface area contributed by atoms with Gasteiger partial charge in [-0.3, -0.25) is 19.2 Å². The Balaban J connectivity index is 1.27. The highest BCUT2D eigenvalue weighted by atomic mass is 32.1. The molecule has 3 unspecified atom stereocenters. The molecule has 0 bridgehead atoms. The third-order valence-corrected chi connectivity index (χ3v) is 11.3. The first-order valence-corrected chi connectivity index (χ1v) is 21.8. The number of aliphatic hydroxyl groups is 1. The Morgan fingerprint density at radius 3 is 2.31 bits per heavy atom. The van der Waals surface area contributed by atoms with Crippen LogP contribution in [0.1, 0.15) is 116 Å². The van der Waals surface area contributed by atoms with Gasteiger partial charge in [-0.15, -0.1) is 11.3 Å². The van der Waals surface area contributed by atoms with Crippen LogP contribution in [0.2, 0.25) is 0 Å². The number of carbonyl (C=O) groups excluding carboxylic acids is 5. The molecule has 0 aliphatic carbocycles. The number of rotatable bonds is 19. The summed E-state index contributed by atoms with van der Waals surface area (Å²) in [7, 11) is 0. The average Bonchev–Trinajstić information content (AvgIpc) is 3.79. The van der Waals surface area contributed by atoms with Gasteiger partial charge in [-0.25, -0.2) is 14.2 Å². The van der Waals surface area contributed by atoms with Gasteiger partial charge in [0.05, 0.1) is 34.3 Å². The number of halogens is 1. The molecule has 3 aromatic rings. The number of aromatic nitrogens is 1. The number of nitrogens with one attached hydrogen (secondary N) is 3. The monoisotopic (exact) mass is 866 g/mol. The van der Waals surface area contributed by atoms with Gasteiger partial charge < -0.3 is 41.2 Å². The number of aliphatic hydroxyl groups excluding tert-OH is 1. The highest BCUT2D eigenvalue weighted by Gasteiger charge is 2.44. The van der Waals surface area contributed by atoms with E-state index in [1.807, 2.05) is 58.9 Å². The molecule has 61 heavy (non-hydrogen) atoms. The van der Waals surface area contributed by atoms with E-state index in [9.17, 15) is 29.1 Å². The molecule has 4 rings (SSSR count). The maximum Gasteiger partial charge on any atom is 0.407 e. The molecule has 0 saturated carbocycles. The Kier molecular flexibility index (Phi) is 17.2. The third kappa shape index (κ3) is 14.8. The van der Waals surface area contributed by atoms with Crippen LogP contribution < -0.4 is 26.4 Å². The summed E-state index contributed by atoms with van der Waals surface area (Å²) in [4.78, 5) is 71.5. The number of ether oxygens (including phenoxy) is 2. The molecule has 5 atom stereocenters. The van der Waals surface area contributed by atoms with Crippen LogP contribution in [0.15, 0.2) is 48.0 Å². The predicted octanol–water partition coefficient (Wildman–Crippen LogP) is 6.27. The van der Waals surface area contributed by atoms with Crippen LogP contribution >= 0.6 is 11.3 Å². The zero-order valence-electron chi connectivity index (χ0n) is 36.6. The first kappa shape index (κ1) is 48.6. The number of primary amides is 1. The maximum atomic E-state index is 15.5. The minimum absolute atomic E-state index is 0.00231. The fourth-order valence-corrected chi connectivity index (χ4v) is 7.88. The Bertz CT molecular complexity index is 1980. The number of aryl methyl sites for hydroxylation is 2. The van der Waals surface area contributed by atoms with Crippen molar-refractivity contribution in [2.24, 2.45) is 11.1 Å². The lowest BCUT2D eigenvalue weighted by Crippen LogP contribution is -2.57. The van der Waals surface area contributed by atoms with Crippen LogP contribution in [0.3, 0.4) is 0 Å². The molecule has 5 amide bonds. The van der Waals surface area contributed by atoms with E-state index in [1.165, 1.54) is 11.0 Å². The van der Waals surface area contributed by atoms with Crippen molar-refractivity contribution >= 4 is 41.1 Å². The van der Waals surface area contributed by atoms with Crippen molar-refractivity contribution in [3.05, 3.63) is 70.6 Å². The van der Waals surface area contributed by atoms with Crippen molar-refractivity contribution in [1.29, 1.82) is 0 Å². The SMILES string of the molecule is Cc1ncsc1-c1ccc(C(C)NC(=O)[C@@H]2C[C@@H](O)CN2C(=O)C(NC(=O)CCCCCc2cccc(OCC(CCC(N)=O)NC(=O)OC(C)(C)C)c2F)C(C)(C)C)cc1. The second-order valence-corrected chi connectivity index (χ2v) is 18.7. The van der Waals surface area contributed by atoms with Gasteiger partial charge in [0, 0.05) is 25.8 Å². The predicted molar refractivity (Wildman–Crippen MR) is 232 cm³/mol. The molecule has 2 heterocycles. The second-order valence-electron chi connectivity index (χ2n) is 17.8. The molecule has 0 spiro atoms. The number of nitrogens with zero attached hydrogens (tertiary/aromatic N) is 2. The number of hydrogen-bond donors (Lipinski definition) is 5. The van der Waals surface area contributed by atoms with E-state index in [0.717, 1.165) is 21.7 Å². The number of carbonyl (C=O) groups is 5. The summed E-state index contributed by atoms with van der Waals surface area (Å²) in [5.41, 5.74) is 8.97. The van der Waals surface area contributed by atoms with Crippen LogP contribution in [0.4, 0.5) is 9.18 Å². The number of nitrogens with two attached hydrogens (primary N) is 1. The van der Waals surface area contributed by atoms with Gasteiger partial charge >= 0.3 is 6.09 Å². The van der Waals surface area contributed by atoms with Crippen molar-refractivity contribution in [1.82, 2.24) is 25.8 Å². The van der Waals surface area contributed by atoms with Crippen molar-refractivity contribution in [3.8, 4) is 16.2 Å². The zero-order valence-corrected chi connectivity index (χ0v) is 37.5. The lowest BCUT2D eigenvalue weighted by molar-refractivity contribution is -0.144. The van der Waals surface area contributed by atoms with Crippen LogP contribution in [0, 0.1) is 18.2 Å². The molecule has 1 aromatic heterocycles. The molecule has 1 fully saturated rings. The highest BCUT2D eigenvalue weighted by Crippen LogP contribution is 2.30. The maximum absolute atomic E-state index is 15.5. The lowest BCUT2D eigenvalue weighted by atomic mass is 9.85. The van der Waals surface area contributed by atoms with E-state index in [1.54, 1.807) is 49.8 Å². The largest absolute Gasteiger partial charge is 0.488 e. The number of thiazole rings is 1. The smallest absolute Gasteiger partial charge is 0.407 e. The first-order valence-electron chi connectivity index (χ1n) is 20.9. The summed E-state index contributed by atoms with van der Waals surface area (Å²) in [5.74, 6) is -2.24. The summed E-state index contributed by atoms with van der Waals surface area (Å²) >= 11 is 1.56. The van der Waals surface area contributed by atoms with E-state index in [2.05, 4.69) is 20.9 Å².